The van der Waals surface area contributed by atoms with Crippen LogP contribution < -0.4 is 10.7 Å². The van der Waals surface area contributed by atoms with Crippen molar-refractivity contribution >= 4 is 28.7 Å². The minimum Gasteiger partial charge on any atom is -0.329 e. The van der Waals surface area contributed by atoms with Gasteiger partial charge in [-0.2, -0.15) is 5.10 Å². The Morgan fingerprint density at radius 1 is 1.20 bits per heavy atom. The molecular formula is C14H13FN4S. The molecule has 0 saturated carbocycles. The van der Waals surface area contributed by atoms with E-state index in [0.717, 1.165) is 11.3 Å². The smallest absolute Gasteiger partial charge is 0.191 e. The van der Waals surface area contributed by atoms with E-state index in [2.05, 4.69) is 20.8 Å². The van der Waals surface area contributed by atoms with Crippen LogP contribution in [0.5, 0.6) is 0 Å². The summed E-state index contributed by atoms with van der Waals surface area (Å²) in [4.78, 5) is 3.93. The average Bonchev–Trinajstić information content (AvgIpc) is 2.48. The lowest BCUT2D eigenvalue weighted by molar-refractivity contribution is 0.632. The molecule has 0 unspecified atom stereocenters. The van der Waals surface area contributed by atoms with Gasteiger partial charge in [0, 0.05) is 18.0 Å². The zero-order valence-electron chi connectivity index (χ0n) is 10.8. The Hall–Kier alpha value is -2.34. The van der Waals surface area contributed by atoms with Crippen molar-refractivity contribution in [1.82, 2.24) is 10.4 Å². The topological polar surface area (TPSA) is 49.3 Å². The molecule has 0 aliphatic carbocycles. The summed E-state index contributed by atoms with van der Waals surface area (Å²) < 4.78 is 13.4. The summed E-state index contributed by atoms with van der Waals surface area (Å²) in [6.07, 6.45) is 3.37. The maximum Gasteiger partial charge on any atom is 0.191 e. The summed E-state index contributed by atoms with van der Waals surface area (Å²) in [5, 5.41) is 7.10. The number of para-hydroxylation sites is 1. The molecule has 2 aromatic rings. The summed E-state index contributed by atoms with van der Waals surface area (Å²) in [6.45, 7) is 1.84. The van der Waals surface area contributed by atoms with Crippen LogP contribution in [0, 0.1) is 5.82 Å². The second kappa shape index (κ2) is 6.72. The fraction of sp³-hybridized carbons (Fsp3) is 0.0714. The normalized spacial score (nSPS) is 11.0. The largest absolute Gasteiger partial charge is 0.329 e. The summed E-state index contributed by atoms with van der Waals surface area (Å²) in [7, 11) is 0. The predicted octanol–water partition coefficient (Wildman–Crippen LogP) is 2.93. The third-order valence-corrected chi connectivity index (χ3v) is 2.74. The van der Waals surface area contributed by atoms with Gasteiger partial charge in [0.15, 0.2) is 5.11 Å². The predicted molar refractivity (Wildman–Crippen MR) is 82.2 cm³/mol. The van der Waals surface area contributed by atoms with E-state index >= 15 is 0 Å². The summed E-state index contributed by atoms with van der Waals surface area (Å²) in [5.41, 5.74) is 4.67. The molecule has 0 bridgehead atoms. The van der Waals surface area contributed by atoms with Gasteiger partial charge in [0.1, 0.15) is 5.82 Å². The number of hydrogen-bond donors (Lipinski definition) is 2. The van der Waals surface area contributed by atoms with E-state index in [1.54, 1.807) is 30.6 Å². The Balaban J connectivity index is 1.97. The van der Waals surface area contributed by atoms with Gasteiger partial charge in [0.25, 0.3) is 0 Å². The number of hydrogen-bond acceptors (Lipinski definition) is 3. The molecule has 0 fully saturated rings. The number of thiocarbonyl (C=S) groups is 1. The van der Waals surface area contributed by atoms with Gasteiger partial charge >= 0.3 is 0 Å². The number of rotatable bonds is 3. The Morgan fingerprint density at radius 3 is 2.60 bits per heavy atom. The van der Waals surface area contributed by atoms with Crippen molar-refractivity contribution in [3.63, 3.8) is 0 Å². The van der Waals surface area contributed by atoms with Crippen molar-refractivity contribution in [3.8, 4) is 0 Å². The molecular weight excluding hydrogens is 275 g/mol. The summed E-state index contributed by atoms with van der Waals surface area (Å²) >= 11 is 5.06. The van der Waals surface area contributed by atoms with E-state index in [9.17, 15) is 4.39 Å². The van der Waals surface area contributed by atoms with Crippen molar-refractivity contribution in [2.24, 2.45) is 5.10 Å². The first-order valence-corrected chi connectivity index (χ1v) is 6.34. The molecule has 0 amide bonds. The zero-order valence-corrected chi connectivity index (χ0v) is 11.6. The Kier molecular flexibility index (Phi) is 4.73. The van der Waals surface area contributed by atoms with Crippen LogP contribution in [0.3, 0.4) is 0 Å². The highest BCUT2D eigenvalue weighted by atomic mass is 32.1. The number of nitrogens with zero attached hydrogens (tertiary/aromatic N) is 2. The minimum atomic E-state index is -0.369. The number of anilines is 1. The molecule has 0 radical (unpaired) electrons. The van der Waals surface area contributed by atoms with E-state index < -0.39 is 0 Å². The standard InChI is InChI=1S/C14H13FN4S/c1-10(11-6-8-16-9-7-11)18-19-14(20)17-13-5-3-2-4-12(13)15/h2-9H,1H3,(H2,17,19,20)/b18-10+. The number of benzene rings is 1. The summed E-state index contributed by atoms with van der Waals surface area (Å²) in [6, 6.07) is 9.98. The van der Waals surface area contributed by atoms with Crippen molar-refractivity contribution < 1.29 is 4.39 Å². The van der Waals surface area contributed by atoms with Crippen LogP contribution in [-0.4, -0.2) is 15.8 Å². The van der Waals surface area contributed by atoms with E-state index in [1.165, 1.54) is 6.07 Å². The Morgan fingerprint density at radius 2 is 1.90 bits per heavy atom. The first-order chi connectivity index (χ1) is 9.66. The van der Waals surface area contributed by atoms with Gasteiger partial charge in [0.2, 0.25) is 0 Å². The zero-order chi connectivity index (χ0) is 14.4. The first kappa shape index (κ1) is 14.1. The minimum absolute atomic E-state index is 0.225. The third-order valence-electron chi connectivity index (χ3n) is 2.55. The number of pyridine rings is 1. The van der Waals surface area contributed by atoms with Crippen LogP contribution in [0.4, 0.5) is 10.1 Å². The number of nitrogens with one attached hydrogen (secondary N) is 2. The lowest BCUT2D eigenvalue weighted by Crippen LogP contribution is -2.25. The van der Waals surface area contributed by atoms with Crippen LogP contribution in [0.1, 0.15) is 12.5 Å². The third kappa shape index (κ3) is 3.83. The van der Waals surface area contributed by atoms with E-state index in [4.69, 9.17) is 12.2 Å². The molecule has 0 spiro atoms. The molecule has 2 rings (SSSR count). The number of hydrazone groups is 1. The molecule has 0 aliphatic rings. The van der Waals surface area contributed by atoms with Crippen molar-refractivity contribution in [1.29, 1.82) is 0 Å². The van der Waals surface area contributed by atoms with Gasteiger partial charge in [-0.05, 0) is 43.4 Å². The molecule has 20 heavy (non-hydrogen) atoms. The number of halogens is 1. The van der Waals surface area contributed by atoms with Gasteiger partial charge < -0.3 is 5.32 Å². The Bertz CT molecular complexity index is 628. The SMILES string of the molecule is C/C(=N\NC(=S)Nc1ccccc1F)c1ccncc1. The van der Waals surface area contributed by atoms with Crippen LogP contribution in [0.25, 0.3) is 0 Å². The van der Waals surface area contributed by atoms with Gasteiger partial charge in [-0.1, -0.05) is 12.1 Å². The molecule has 6 heteroatoms. The molecule has 4 nitrogen and oxygen atoms in total. The Labute approximate surface area is 121 Å². The molecule has 2 N–H and O–H groups in total. The number of aromatic nitrogens is 1. The lowest BCUT2D eigenvalue weighted by atomic mass is 10.2. The van der Waals surface area contributed by atoms with Crippen LogP contribution in [0.2, 0.25) is 0 Å². The fourth-order valence-corrected chi connectivity index (χ4v) is 1.66. The maximum atomic E-state index is 13.4. The highest BCUT2D eigenvalue weighted by Gasteiger charge is 2.02. The van der Waals surface area contributed by atoms with Crippen LogP contribution in [0.15, 0.2) is 53.9 Å². The maximum absolute atomic E-state index is 13.4. The molecule has 1 heterocycles. The van der Waals surface area contributed by atoms with E-state index in [1.807, 2.05) is 19.1 Å². The van der Waals surface area contributed by atoms with Crippen LogP contribution in [-0.2, 0) is 0 Å². The van der Waals surface area contributed by atoms with Crippen molar-refractivity contribution in [2.45, 2.75) is 6.92 Å². The molecule has 0 aliphatic heterocycles. The quantitative estimate of drug-likeness (QED) is 0.518. The van der Waals surface area contributed by atoms with Gasteiger partial charge in [-0.15, -0.1) is 0 Å². The fourth-order valence-electron chi connectivity index (χ4n) is 1.51. The van der Waals surface area contributed by atoms with Crippen LogP contribution >= 0.6 is 12.2 Å². The molecule has 1 aromatic heterocycles. The van der Waals surface area contributed by atoms with Gasteiger partial charge in [-0.3, -0.25) is 10.4 Å². The monoisotopic (exact) mass is 288 g/mol. The highest BCUT2D eigenvalue weighted by Crippen LogP contribution is 2.11. The van der Waals surface area contributed by atoms with Crippen molar-refractivity contribution in [3.05, 3.63) is 60.2 Å². The van der Waals surface area contributed by atoms with E-state index in [0.29, 0.717) is 5.69 Å². The molecule has 0 saturated heterocycles. The highest BCUT2D eigenvalue weighted by molar-refractivity contribution is 7.80. The lowest BCUT2D eigenvalue weighted by Gasteiger charge is -2.08. The van der Waals surface area contributed by atoms with Gasteiger partial charge in [-0.25, -0.2) is 4.39 Å². The van der Waals surface area contributed by atoms with E-state index in [-0.39, 0.29) is 10.9 Å². The van der Waals surface area contributed by atoms with Crippen molar-refractivity contribution in [2.75, 3.05) is 5.32 Å². The van der Waals surface area contributed by atoms with Gasteiger partial charge in [0.05, 0.1) is 11.4 Å². The molecule has 102 valence electrons. The first-order valence-electron chi connectivity index (χ1n) is 5.93. The second-order valence-electron chi connectivity index (χ2n) is 3.98. The molecule has 1 aromatic carbocycles. The second-order valence-corrected chi connectivity index (χ2v) is 4.39. The summed E-state index contributed by atoms with van der Waals surface area (Å²) in [5.74, 6) is -0.369. The average molecular weight is 288 g/mol. The molecule has 0 atom stereocenters.